The molecule has 0 saturated carbocycles. The lowest BCUT2D eigenvalue weighted by molar-refractivity contribution is 0.266. The van der Waals surface area contributed by atoms with Crippen molar-refractivity contribution in [3.05, 3.63) is 11.9 Å². The standard InChI is InChI=1S/C8H15N3O3S/c1-7-8(6-10(2)9-7)15(13,14)11(3)4-5-12/h6,12H,4-5H2,1-3H3. The van der Waals surface area contributed by atoms with E-state index < -0.39 is 10.0 Å². The van der Waals surface area contributed by atoms with Crippen molar-refractivity contribution in [1.82, 2.24) is 14.1 Å². The van der Waals surface area contributed by atoms with E-state index in [0.717, 1.165) is 4.31 Å². The summed E-state index contributed by atoms with van der Waals surface area (Å²) < 4.78 is 26.4. The summed E-state index contributed by atoms with van der Waals surface area (Å²) in [5.74, 6) is 0. The molecule has 1 heterocycles. The summed E-state index contributed by atoms with van der Waals surface area (Å²) in [6.07, 6.45) is 1.46. The lowest BCUT2D eigenvalue weighted by atomic mass is 10.5. The molecule has 0 unspecified atom stereocenters. The van der Waals surface area contributed by atoms with Crippen molar-refractivity contribution < 1.29 is 13.5 Å². The van der Waals surface area contributed by atoms with Crippen LogP contribution >= 0.6 is 0 Å². The van der Waals surface area contributed by atoms with E-state index in [1.807, 2.05) is 0 Å². The smallest absolute Gasteiger partial charge is 0.246 e. The van der Waals surface area contributed by atoms with Crippen molar-refractivity contribution in [2.75, 3.05) is 20.2 Å². The summed E-state index contributed by atoms with van der Waals surface area (Å²) in [6, 6.07) is 0. The first-order valence-electron chi connectivity index (χ1n) is 4.47. The Balaban J connectivity index is 3.11. The molecule has 0 radical (unpaired) electrons. The number of aliphatic hydroxyl groups excluding tert-OH is 1. The van der Waals surface area contributed by atoms with Crippen LogP contribution in [0.2, 0.25) is 0 Å². The number of aromatic nitrogens is 2. The van der Waals surface area contributed by atoms with Gasteiger partial charge >= 0.3 is 0 Å². The fourth-order valence-corrected chi connectivity index (χ4v) is 2.62. The highest BCUT2D eigenvalue weighted by Crippen LogP contribution is 2.16. The maximum Gasteiger partial charge on any atom is 0.246 e. The monoisotopic (exact) mass is 233 g/mol. The quantitative estimate of drug-likeness (QED) is 0.749. The van der Waals surface area contributed by atoms with Crippen molar-refractivity contribution in [3.8, 4) is 0 Å². The van der Waals surface area contributed by atoms with Gasteiger partial charge in [0.15, 0.2) is 0 Å². The Hall–Kier alpha value is -0.920. The Morgan fingerprint density at radius 1 is 1.60 bits per heavy atom. The second-order valence-electron chi connectivity index (χ2n) is 3.30. The van der Waals surface area contributed by atoms with Crippen LogP contribution in [0.15, 0.2) is 11.1 Å². The van der Waals surface area contributed by atoms with Crippen LogP contribution in [0, 0.1) is 6.92 Å². The summed E-state index contributed by atoms with van der Waals surface area (Å²) in [7, 11) is -0.428. The van der Waals surface area contributed by atoms with Crippen LogP contribution in [0.4, 0.5) is 0 Å². The summed E-state index contributed by atoms with van der Waals surface area (Å²) in [5.41, 5.74) is 0.460. The second kappa shape index (κ2) is 4.30. The largest absolute Gasteiger partial charge is 0.395 e. The molecule has 1 aromatic heterocycles. The molecule has 0 fully saturated rings. The SMILES string of the molecule is Cc1nn(C)cc1S(=O)(=O)N(C)CCO. The predicted octanol–water partition coefficient (Wildman–Crippen LogP) is -0.659. The Labute approximate surface area is 89.2 Å². The van der Waals surface area contributed by atoms with Crippen molar-refractivity contribution >= 4 is 10.0 Å². The van der Waals surface area contributed by atoms with Gasteiger partial charge in [-0.2, -0.15) is 9.40 Å². The average molecular weight is 233 g/mol. The maximum absolute atomic E-state index is 11.9. The predicted molar refractivity (Wildman–Crippen MR) is 54.8 cm³/mol. The molecule has 15 heavy (non-hydrogen) atoms. The van der Waals surface area contributed by atoms with Gasteiger partial charge in [0.25, 0.3) is 0 Å². The second-order valence-corrected chi connectivity index (χ2v) is 5.32. The molecular weight excluding hydrogens is 218 g/mol. The molecule has 1 N–H and O–H groups in total. The first-order valence-corrected chi connectivity index (χ1v) is 5.91. The van der Waals surface area contributed by atoms with Gasteiger partial charge in [-0.25, -0.2) is 8.42 Å². The molecule has 0 aliphatic heterocycles. The minimum absolute atomic E-state index is 0.0800. The number of hydrogen-bond donors (Lipinski definition) is 1. The van der Waals surface area contributed by atoms with Crippen LogP contribution in [-0.4, -0.2) is 47.8 Å². The van der Waals surface area contributed by atoms with Crippen molar-refractivity contribution in [1.29, 1.82) is 0 Å². The third-order valence-corrected chi connectivity index (χ3v) is 4.03. The highest BCUT2D eigenvalue weighted by Gasteiger charge is 2.24. The molecule has 6 nitrogen and oxygen atoms in total. The fourth-order valence-electron chi connectivity index (χ4n) is 1.26. The Morgan fingerprint density at radius 2 is 2.20 bits per heavy atom. The minimum atomic E-state index is -3.52. The van der Waals surface area contributed by atoms with E-state index in [1.54, 1.807) is 14.0 Å². The van der Waals surface area contributed by atoms with Gasteiger partial charge in [-0.1, -0.05) is 0 Å². The van der Waals surface area contributed by atoms with E-state index >= 15 is 0 Å². The van der Waals surface area contributed by atoms with Gasteiger partial charge in [0.1, 0.15) is 4.90 Å². The summed E-state index contributed by atoms with van der Waals surface area (Å²) in [5, 5.41) is 12.7. The Kier molecular flexibility index (Phi) is 3.48. The number of likely N-dealkylation sites (N-methyl/N-ethyl adjacent to an activating group) is 1. The summed E-state index contributed by atoms with van der Waals surface area (Å²) in [4.78, 5) is 0.181. The lowest BCUT2D eigenvalue weighted by Crippen LogP contribution is -2.29. The van der Waals surface area contributed by atoms with E-state index in [2.05, 4.69) is 5.10 Å². The third-order valence-electron chi connectivity index (χ3n) is 2.07. The van der Waals surface area contributed by atoms with Crippen LogP contribution in [0.5, 0.6) is 0 Å². The molecule has 1 aromatic rings. The molecule has 7 heteroatoms. The minimum Gasteiger partial charge on any atom is -0.395 e. The first kappa shape index (κ1) is 12.2. The van der Waals surface area contributed by atoms with Crippen LogP contribution in [-0.2, 0) is 17.1 Å². The van der Waals surface area contributed by atoms with Crippen LogP contribution in [0.25, 0.3) is 0 Å². The molecule has 0 aliphatic rings. The Morgan fingerprint density at radius 3 is 2.60 bits per heavy atom. The van der Waals surface area contributed by atoms with Crippen LogP contribution in [0.3, 0.4) is 0 Å². The highest BCUT2D eigenvalue weighted by atomic mass is 32.2. The zero-order chi connectivity index (χ0) is 11.6. The van der Waals surface area contributed by atoms with Crippen molar-refractivity contribution in [3.63, 3.8) is 0 Å². The number of aryl methyl sites for hydroxylation is 2. The van der Waals surface area contributed by atoms with Gasteiger partial charge in [0.2, 0.25) is 10.0 Å². The van der Waals surface area contributed by atoms with E-state index in [0.29, 0.717) is 5.69 Å². The molecule has 0 saturated heterocycles. The molecular formula is C8H15N3O3S. The number of aliphatic hydroxyl groups is 1. The van der Waals surface area contributed by atoms with E-state index in [4.69, 9.17) is 5.11 Å². The zero-order valence-corrected chi connectivity index (χ0v) is 9.82. The topological polar surface area (TPSA) is 75.4 Å². The molecule has 0 aliphatic carbocycles. The summed E-state index contributed by atoms with van der Waals surface area (Å²) in [6.45, 7) is 1.52. The van der Waals surface area contributed by atoms with Gasteiger partial charge in [-0.05, 0) is 6.92 Å². The van der Waals surface area contributed by atoms with Crippen molar-refractivity contribution in [2.45, 2.75) is 11.8 Å². The molecule has 0 bridgehead atoms. The zero-order valence-electron chi connectivity index (χ0n) is 9.01. The highest BCUT2D eigenvalue weighted by molar-refractivity contribution is 7.89. The van der Waals surface area contributed by atoms with Gasteiger partial charge in [0, 0.05) is 26.8 Å². The molecule has 0 amide bonds. The number of sulfonamides is 1. The van der Waals surface area contributed by atoms with Crippen LogP contribution in [0.1, 0.15) is 5.69 Å². The van der Waals surface area contributed by atoms with Gasteiger partial charge < -0.3 is 5.11 Å². The lowest BCUT2D eigenvalue weighted by Gasteiger charge is -2.14. The number of nitrogens with zero attached hydrogens (tertiary/aromatic N) is 3. The molecule has 0 atom stereocenters. The summed E-state index contributed by atoms with van der Waals surface area (Å²) >= 11 is 0. The van der Waals surface area contributed by atoms with E-state index in [1.165, 1.54) is 17.9 Å². The van der Waals surface area contributed by atoms with E-state index in [9.17, 15) is 8.42 Å². The molecule has 0 spiro atoms. The third kappa shape index (κ3) is 2.36. The number of rotatable bonds is 4. The maximum atomic E-state index is 11.9. The molecule has 0 aromatic carbocycles. The molecule has 86 valence electrons. The van der Waals surface area contributed by atoms with Crippen molar-refractivity contribution in [2.24, 2.45) is 7.05 Å². The van der Waals surface area contributed by atoms with Gasteiger partial charge in [-0.3, -0.25) is 4.68 Å². The first-order chi connectivity index (χ1) is 6.89. The van der Waals surface area contributed by atoms with Gasteiger partial charge in [-0.15, -0.1) is 0 Å². The average Bonchev–Trinajstić information content (AvgIpc) is 2.46. The number of hydrogen-bond acceptors (Lipinski definition) is 4. The Bertz CT molecular complexity index is 438. The normalized spacial score (nSPS) is 12.3. The van der Waals surface area contributed by atoms with Crippen LogP contribution < -0.4 is 0 Å². The van der Waals surface area contributed by atoms with E-state index in [-0.39, 0.29) is 18.0 Å². The van der Waals surface area contributed by atoms with Gasteiger partial charge in [0.05, 0.1) is 12.3 Å². The molecule has 1 rings (SSSR count). The fraction of sp³-hybridized carbons (Fsp3) is 0.625.